The standard InChI is InChI=1S/C17H15N3O/c1-3-17(12-7-5-4-6-8-12)14-11-13(18)9-10-15(14)19-16(21)20(17)2/h1,4-11H,18H2,2H3,(H,19,21). The van der Waals surface area contributed by atoms with E-state index in [1.807, 2.05) is 36.4 Å². The lowest BCUT2D eigenvalue weighted by atomic mass is 9.80. The molecule has 3 N–H and O–H groups in total. The van der Waals surface area contributed by atoms with Crippen LogP contribution in [0.5, 0.6) is 0 Å². The lowest BCUT2D eigenvalue weighted by Gasteiger charge is -2.43. The second-order valence-corrected chi connectivity index (χ2v) is 5.01. The maximum Gasteiger partial charge on any atom is 0.323 e. The summed E-state index contributed by atoms with van der Waals surface area (Å²) in [5.41, 5.74) is 7.91. The van der Waals surface area contributed by atoms with Crippen molar-refractivity contribution in [2.75, 3.05) is 18.1 Å². The molecule has 2 amide bonds. The van der Waals surface area contributed by atoms with Crippen molar-refractivity contribution in [3.05, 3.63) is 59.7 Å². The minimum atomic E-state index is -0.964. The molecule has 1 aliphatic rings. The van der Waals surface area contributed by atoms with E-state index in [-0.39, 0.29) is 6.03 Å². The molecule has 0 aromatic heterocycles. The molecule has 0 saturated carbocycles. The second-order valence-electron chi connectivity index (χ2n) is 5.01. The number of anilines is 2. The summed E-state index contributed by atoms with van der Waals surface area (Å²) in [5, 5.41) is 2.83. The predicted molar refractivity (Wildman–Crippen MR) is 83.7 cm³/mol. The van der Waals surface area contributed by atoms with Gasteiger partial charge in [0.1, 0.15) is 0 Å². The number of nitrogens with zero attached hydrogens (tertiary/aromatic N) is 1. The molecule has 0 spiro atoms. The summed E-state index contributed by atoms with van der Waals surface area (Å²) in [4.78, 5) is 13.8. The fourth-order valence-electron chi connectivity index (χ4n) is 2.79. The van der Waals surface area contributed by atoms with Gasteiger partial charge in [-0.1, -0.05) is 36.3 Å². The van der Waals surface area contributed by atoms with Crippen molar-refractivity contribution in [2.24, 2.45) is 0 Å². The van der Waals surface area contributed by atoms with Crippen LogP contribution in [0, 0.1) is 12.3 Å². The molecule has 4 heteroatoms. The van der Waals surface area contributed by atoms with E-state index < -0.39 is 5.54 Å². The molecule has 4 nitrogen and oxygen atoms in total. The maximum absolute atomic E-state index is 12.3. The number of fused-ring (bicyclic) bond motifs is 1. The number of nitrogens with two attached hydrogens (primary N) is 1. The molecule has 1 aliphatic heterocycles. The van der Waals surface area contributed by atoms with Gasteiger partial charge in [-0.05, 0) is 23.8 Å². The van der Waals surface area contributed by atoms with Gasteiger partial charge >= 0.3 is 6.03 Å². The average molecular weight is 277 g/mol. The third-order valence-corrected chi connectivity index (χ3v) is 3.88. The smallest absolute Gasteiger partial charge is 0.323 e. The molecule has 2 aromatic carbocycles. The van der Waals surface area contributed by atoms with Crippen LogP contribution in [0.4, 0.5) is 16.2 Å². The fraction of sp³-hybridized carbons (Fsp3) is 0.118. The van der Waals surface area contributed by atoms with Crippen LogP contribution in [-0.4, -0.2) is 18.0 Å². The predicted octanol–water partition coefficient (Wildman–Crippen LogP) is 2.62. The Balaban J connectivity index is 2.36. The van der Waals surface area contributed by atoms with E-state index >= 15 is 0 Å². The normalized spacial score (nSPS) is 20.4. The second kappa shape index (κ2) is 4.57. The molecular weight excluding hydrogens is 262 g/mol. The molecule has 2 aromatic rings. The van der Waals surface area contributed by atoms with Crippen molar-refractivity contribution in [2.45, 2.75) is 5.54 Å². The van der Waals surface area contributed by atoms with Crippen molar-refractivity contribution in [3.63, 3.8) is 0 Å². The van der Waals surface area contributed by atoms with Crippen LogP contribution in [0.3, 0.4) is 0 Å². The molecule has 1 unspecified atom stereocenters. The van der Waals surface area contributed by atoms with E-state index in [2.05, 4.69) is 11.2 Å². The van der Waals surface area contributed by atoms with Gasteiger partial charge in [0.25, 0.3) is 0 Å². The minimum Gasteiger partial charge on any atom is -0.399 e. The van der Waals surface area contributed by atoms with Crippen molar-refractivity contribution >= 4 is 17.4 Å². The van der Waals surface area contributed by atoms with Crippen LogP contribution < -0.4 is 11.1 Å². The first-order valence-corrected chi connectivity index (χ1v) is 6.57. The topological polar surface area (TPSA) is 58.4 Å². The number of terminal acetylenes is 1. The Labute approximate surface area is 123 Å². The van der Waals surface area contributed by atoms with Gasteiger partial charge in [-0.2, -0.15) is 0 Å². The molecule has 0 saturated heterocycles. The van der Waals surface area contributed by atoms with Gasteiger partial charge in [0, 0.05) is 24.0 Å². The molecule has 21 heavy (non-hydrogen) atoms. The Morgan fingerprint density at radius 1 is 1.24 bits per heavy atom. The van der Waals surface area contributed by atoms with Crippen molar-refractivity contribution in [3.8, 4) is 12.3 Å². The van der Waals surface area contributed by atoms with Gasteiger partial charge in [-0.25, -0.2) is 4.79 Å². The molecule has 1 heterocycles. The highest BCUT2D eigenvalue weighted by atomic mass is 16.2. The zero-order chi connectivity index (χ0) is 15.0. The third-order valence-electron chi connectivity index (χ3n) is 3.88. The van der Waals surface area contributed by atoms with Crippen LogP contribution in [0.2, 0.25) is 0 Å². The first-order chi connectivity index (χ1) is 10.1. The van der Waals surface area contributed by atoms with Gasteiger partial charge in [-0.3, -0.25) is 0 Å². The maximum atomic E-state index is 12.3. The van der Waals surface area contributed by atoms with Gasteiger partial charge in [0.05, 0.1) is 0 Å². The summed E-state index contributed by atoms with van der Waals surface area (Å²) in [5.74, 6) is 2.81. The lowest BCUT2D eigenvalue weighted by Crippen LogP contribution is -2.52. The SMILES string of the molecule is C#CC1(c2ccccc2)c2cc(N)ccc2NC(=O)N1C. The number of rotatable bonds is 1. The Hall–Kier alpha value is -2.93. The number of nitrogens with one attached hydrogen (secondary N) is 1. The zero-order valence-corrected chi connectivity index (χ0v) is 11.6. The Morgan fingerprint density at radius 2 is 1.95 bits per heavy atom. The van der Waals surface area contributed by atoms with Gasteiger partial charge < -0.3 is 16.0 Å². The summed E-state index contributed by atoms with van der Waals surface area (Å²) in [7, 11) is 1.69. The van der Waals surface area contributed by atoms with Crippen molar-refractivity contribution in [1.29, 1.82) is 0 Å². The number of benzene rings is 2. The summed E-state index contributed by atoms with van der Waals surface area (Å²) >= 11 is 0. The molecular formula is C17H15N3O. The van der Waals surface area contributed by atoms with E-state index in [9.17, 15) is 4.79 Å². The molecule has 3 rings (SSSR count). The van der Waals surface area contributed by atoms with Crippen LogP contribution in [-0.2, 0) is 5.54 Å². The third kappa shape index (κ3) is 1.75. The number of carbonyl (C=O) groups is 1. The Bertz CT molecular complexity index is 748. The number of amides is 2. The minimum absolute atomic E-state index is 0.242. The molecule has 104 valence electrons. The van der Waals surface area contributed by atoms with E-state index in [4.69, 9.17) is 12.2 Å². The first-order valence-electron chi connectivity index (χ1n) is 6.57. The monoisotopic (exact) mass is 277 g/mol. The van der Waals surface area contributed by atoms with Crippen molar-refractivity contribution in [1.82, 2.24) is 4.90 Å². The highest BCUT2D eigenvalue weighted by Crippen LogP contribution is 2.42. The number of hydrogen-bond donors (Lipinski definition) is 2. The number of hydrogen-bond acceptors (Lipinski definition) is 2. The Morgan fingerprint density at radius 3 is 2.62 bits per heavy atom. The number of carbonyl (C=O) groups excluding carboxylic acids is 1. The summed E-state index contributed by atoms with van der Waals surface area (Å²) < 4.78 is 0. The van der Waals surface area contributed by atoms with E-state index in [0.717, 1.165) is 11.1 Å². The summed E-state index contributed by atoms with van der Waals surface area (Å²) in [6.07, 6.45) is 5.88. The summed E-state index contributed by atoms with van der Waals surface area (Å²) in [6.45, 7) is 0. The van der Waals surface area contributed by atoms with Gasteiger partial charge in [-0.15, -0.1) is 6.42 Å². The van der Waals surface area contributed by atoms with Crippen LogP contribution >= 0.6 is 0 Å². The molecule has 0 radical (unpaired) electrons. The van der Waals surface area contributed by atoms with E-state index in [0.29, 0.717) is 11.4 Å². The Kier molecular flexibility index (Phi) is 2.84. The quantitative estimate of drug-likeness (QED) is 0.622. The molecule has 1 atom stereocenters. The molecule has 0 bridgehead atoms. The number of urea groups is 1. The van der Waals surface area contributed by atoms with Gasteiger partial charge in [0.15, 0.2) is 5.54 Å². The largest absolute Gasteiger partial charge is 0.399 e. The first kappa shape index (κ1) is 13.1. The van der Waals surface area contributed by atoms with Crippen LogP contribution in [0.25, 0.3) is 0 Å². The van der Waals surface area contributed by atoms with E-state index in [1.165, 1.54) is 4.90 Å². The zero-order valence-electron chi connectivity index (χ0n) is 11.6. The molecule has 0 fully saturated rings. The van der Waals surface area contributed by atoms with Crippen LogP contribution in [0.15, 0.2) is 48.5 Å². The average Bonchev–Trinajstić information content (AvgIpc) is 2.51. The highest BCUT2D eigenvalue weighted by molar-refractivity contribution is 5.95. The summed E-state index contributed by atoms with van der Waals surface area (Å²) in [6, 6.07) is 14.7. The van der Waals surface area contributed by atoms with E-state index in [1.54, 1.807) is 19.2 Å². The highest BCUT2D eigenvalue weighted by Gasteiger charge is 2.44. The number of nitrogen functional groups attached to an aromatic ring is 1. The van der Waals surface area contributed by atoms with Crippen LogP contribution in [0.1, 0.15) is 11.1 Å². The molecule has 0 aliphatic carbocycles. The van der Waals surface area contributed by atoms with Gasteiger partial charge in [0.2, 0.25) is 0 Å². The fourth-order valence-corrected chi connectivity index (χ4v) is 2.79. The van der Waals surface area contributed by atoms with Crippen molar-refractivity contribution < 1.29 is 4.79 Å². The lowest BCUT2D eigenvalue weighted by molar-refractivity contribution is 0.191.